The summed E-state index contributed by atoms with van der Waals surface area (Å²) in [6.07, 6.45) is 1.47. The SMILES string of the molecule is [2H]C([2H])([2H])c1ccnc(B2OC(C)(C)C(C)(C)O2)c1. The molecule has 0 aromatic carbocycles. The molecule has 1 fully saturated rings. The van der Waals surface area contributed by atoms with Crippen LogP contribution in [-0.2, 0) is 9.31 Å². The standard InChI is InChI=1S/C12H18BNO2/c1-9-6-7-14-10(8-9)13-15-11(2,3)12(4,5)16-13/h6-8H,1-5H3/i1D3. The molecule has 16 heavy (non-hydrogen) atoms. The Hall–Kier alpha value is -0.865. The summed E-state index contributed by atoms with van der Waals surface area (Å²) < 4.78 is 34.0. The fourth-order valence-electron chi connectivity index (χ4n) is 1.54. The van der Waals surface area contributed by atoms with Gasteiger partial charge in [0.2, 0.25) is 0 Å². The van der Waals surface area contributed by atoms with Crippen molar-refractivity contribution in [2.24, 2.45) is 0 Å². The summed E-state index contributed by atoms with van der Waals surface area (Å²) in [6.45, 7) is 5.63. The first-order valence-corrected chi connectivity index (χ1v) is 5.35. The van der Waals surface area contributed by atoms with E-state index in [2.05, 4.69) is 4.98 Å². The minimum atomic E-state index is -2.15. The lowest BCUT2D eigenvalue weighted by molar-refractivity contribution is 0.00578. The normalized spacial score (nSPS) is 26.0. The van der Waals surface area contributed by atoms with E-state index in [1.807, 2.05) is 27.7 Å². The van der Waals surface area contributed by atoms with E-state index in [0.29, 0.717) is 5.59 Å². The maximum Gasteiger partial charge on any atom is 0.514 e. The summed E-state index contributed by atoms with van der Waals surface area (Å²) in [7, 11) is -0.632. The molecule has 3 nitrogen and oxygen atoms in total. The third-order valence-electron chi connectivity index (χ3n) is 3.28. The van der Waals surface area contributed by atoms with Crippen molar-refractivity contribution >= 4 is 12.7 Å². The highest BCUT2D eigenvalue weighted by molar-refractivity contribution is 6.61. The van der Waals surface area contributed by atoms with Gasteiger partial charge in [-0.05, 0) is 52.2 Å². The summed E-state index contributed by atoms with van der Waals surface area (Å²) in [5.41, 5.74) is -0.190. The fraction of sp³-hybridized carbons (Fsp3) is 0.583. The Morgan fingerprint density at radius 3 is 2.44 bits per heavy atom. The quantitative estimate of drug-likeness (QED) is 0.677. The van der Waals surface area contributed by atoms with Crippen LogP contribution in [-0.4, -0.2) is 23.3 Å². The van der Waals surface area contributed by atoms with Crippen LogP contribution >= 0.6 is 0 Å². The van der Waals surface area contributed by atoms with Gasteiger partial charge in [0.05, 0.1) is 16.8 Å². The summed E-state index contributed by atoms with van der Waals surface area (Å²) in [5, 5.41) is 0. The molecule has 0 spiro atoms. The summed E-state index contributed by atoms with van der Waals surface area (Å²) >= 11 is 0. The zero-order valence-corrected chi connectivity index (χ0v) is 10.1. The smallest absolute Gasteiger partial charge is 0.398 e. The summed E-state index contributed by atoms with van der Waals surface area (Å²) in [5.74, 6) is 0. The molecule has 0 atom stereocenters. The molecule has 0 amide bonds. The molecule has 0 radical (unpaired) electrons. The van der Waals surface area contributed by atoms with E-state index in [0.717, 1.165) is 0 Å². The average Bonchev–Trinajstić information content (AvgIpc) is 2.47. The Balaban J connectivity index is 2.30. The molecule has 2 heterocycles. The second-order valence-electron chi connectivity index (χ2n) is 5.06. The molecule has 1 saturated heterocycles. The monoisotopic (exact) mass is 222 g/mol. The number of hydrogen-bond donors (Lipinski definition) is 0. The van der Waals surface area contributed by atoms with E-state index in [1.165, 1.54) is 18.3 Å². The van der Waals surface area contributed by atoms with Gasteiger partial charge in [-0.3, -0.25) is 4.98 Å². The van der Waals surface area contributed by atoms with Crippen molar-refractivity contribution in [3.63, 3.8) is 0 Å². The van der Waals surface area contributed by atoms with Crippen molar-refractivity contribution in [1.29, 1.82) is 0 Å². The van der Waals surface area contributed by atoms with E-state index >= 15 is 0 Å². The highest BCUT2D eigenvalue weighted by Gasteiger charge is 2.52. The lowest BCUT2D eigenvalue weighted by Crippen LogP contribution is -2.41. The van der Waals surface area contributed by atoms with E-state index in [9.17, 15) is 0 Å². The molecule has 4 heteroatoms. The van der Waals surface area contributed by atoms with Crippen LogP contribution in [0, 0.1) is 6.85 Å². The molecular formula is C12H18BNO2. The Bertz CT molecular complexity index is 472. The number of rotatable bonds is 1. The first kappa shape index (κ1) is 8.26. The third-order valence-corrected chi connectivity index (χ3v) is 3.28. The molecule has 0 bridgehead atoms. The topological polar surface area (TPSA) is 31.4 Å². The van der Waals surface area contributed by atoms with Gasteiger partial charge in [-0.25, -0.2) is 0 Å². The van der Waals surface area contributed by atoms with Crippen LogP contribution in [0.15, 0.2) is 18.3 Å². The number of nitrogens with zero attached hydrogens (tertiary/aromatic N) is 1. The van der Waals surface area contributed by atoms with E-state index in [-0.39, 0.29) is 5.56 Å². The summed E-state index contributed by atoms with van der Waals surface area (Å²) in [6, 6.07) is 3.01. The Morgan fingerprint density at radius 2 is 1.88 bits per heavy atom. The van der Waals surface area contributed by atoms with E-state index in [4.69, 9.17) is 13.4 Å². The van der Waals surface area contributed by atoms with Gasteiger partial charge >= 0.3 is 7.12 Å². The second kappa shape index (κ2) is 3.57. The minimum Gasteiger partial charge on any atom is -0.398 e. The number of aryl methyl sites for hydroxylation is 1. The summed E-state index contributed by atoms with van der Waals surface area (Å²) in [4.78, 5) is 4.17. The molecule has 86 valence electrons. The van der Waals surface area contributed by atoms with Gasteiger partial charge in [0, 0.05) is 10.3 Å². The highest BCUT2D eigenvalue weighted by atomic mass is 16.7. The van der Waals surface area contributed by atoms with Crippen LogP contribution in [0.25, 0.3) is 0 Å². The second-order valence-corrected chi connectivity index (χ2v) is 5.06. The van der Waals surface area contributed by atoms with Gasteiger partial charge in [0.1, 0.15) is 0 Å². The van der Waals surface area contributed by atoms with Crippen molar-refractivity contribution in [3.05, 3.63) is 23.9 Å². The lowest BCUT2D eigenvalue weighted by atomic mass is 9.83. The van der Waals surface area contributed by atoms with Crippen molar-refractivity contribution < 1.29 is 13.4 Å². The molecule has 0 aliphatic carbocycles. The molecule has 0 saturated carbocycles. The van der Waals surface area contributed by atoms with Crippen LogP contribution in [0.1, 0.15) is 37.4 Å². The molecule has 0 N–H and O–H groups in total. The highest BCUT2D eigenvalue weighted by Crippen LogP contribution is 2.36. The number of aromatic nitrogens is 1. The molecule has 1 aromatic rings. The maximum absolute atomic E-state index is 7.42. The number of hydrogen-bond acceptors (Lipinski definition) is 3. The number of pyridine rings is 1. The van der Waals surface area contributed by atoms with Crippen molar-refractivity contribution in [2.75, 3.05) is 0 Å². The van der Waals surface area contributed by atoms with Crippen LogP contribution in [0.3, 0.4) is 0 Å². The van der Waals surface area contributed by atoms with Gasteiger partial charge in [-0.1, -0.05) is 0 Å². The molecule has 1 aromatic heterocycles. The van der Waals surface area contributed by atoms with Gasteiger partial charge < -0.3 is 9.31 Å². The van der Waals surface area contributed by atoms with Gasteiger partial charge in [0.25, 0.3) is 0 Å². The van der Waals surface area contributed by atoms with Gasteiger partial charge in [-0.2, -0.15) is 0 Å². The molecule has 0 unspecified atom stereocenters. The van der Waals surface area contributed by atoms with Crippen LogP contribution in [0.4, 0.5) is 0 Å². The van der Waals surface area contributed by atoms with E-state index in [1.54, 1.807) is 0 Å². The first-order chi connectivity index (χ1) is 8.53. The molecule has 1 aliphatic heterocycles. The molecule has 1 aliphatic rings. The molecular weight excluding hydrogens is 201 g/mol. The fourth-order valence-corrected chi connectivity index (χ4v) is 1.54. The van der Waals surface area contributed by atoms with Gasteiger partial charge in [-0.15, -0.1) is 0 Å². The van der Waals surface area contributed by atoms with Crippen LogP contribution in [0.5, 0.6) is 0 Å². The van der Waals surface area contributed by atoms with Crippen LogP contribution < -0.4 is 5.59 Å². The Morgan fingerprint density at radius 1 is 1.25 bits per heavy atom. The van der Waals surface area contributed by atoms with Crippen molar-refractivity contribution in [3.8, 4) is 0 Å². The third kappa shape index (κ3) is 1.87. The minimum absolute atomic E-state index is 0.243. The Labute approximate surface area is 102 Å². The molecule has 2 rings (SSSR count). The largest absolute Gasteiger partial charge is 0.514 e. The zero-order valence-electron chi connectivity index (χ0n) is 13.1. The van der Waals surface area contributed by atoms with Crippen molar-refractivity contribution in [1.82, 2.24) is 4.98 Å². The predicted octanol–water partition coefficient (Wildman–Crippen LogP) is 1.69. The maximum atomic E-state index is 7.42. The first-order valence-electron chi connectivity index (χ1n) is 6.85. The van der Waals surface area contributed by atoms with Crippen LogP contribution in [0.2, 0.25) is 0 Å². The average molecular weight is 222 g/mol. The zero-order chi connectivity index (χ0) is 14.5. The predicted molar refractivity (Wildman–Crippen MR) is 64.7 cm³/mol. The Kier molecular flexibility index (Phi) is 1.84. The van der Waals surface area contributed by atoms with Gasteiger partial charge in [0.15, 0.2) is 0 Å². The van der Waals surface area contributed by atoms with Crippen molar-refractivity contribution in [2.45, 2.75) is 45.7 Å². The van der Waals surface area contributed by atoms with E-state index < -0.39 is 25.2 Å². The lowest BCUT2D eigenvalue weighted by Gasteiger charge is -2.32.